The van der Waals surface area contributed by atoms with Crippen LogP contribution in [-0.4, -0.2) is 32.3 Å². The largest absolute Gasteiger partial charge is 0.380 e. The fourth-order valence-corrected chi connectivity index (χ4v) is 3.56. The first kappa shape index (κ1) is 12.8. The predicted octanol–water partition coefficient (Wildman–Crippen LogP) is 3.32. The topological polar surface area (TPSA) is 42.7 Å². The van der Waals surface area contributed by atoms with Gasteiger partial charge in [0, 0.05) is 23.2 Å². The van der Waals surface area contributed by atoms with E-state index in [2.05, 4.69) is 35.3 Å². The first-order chi connectivity index (χ1) is 9.24. The Morgan fingerprint density at radius 1 is 1.42 bits per heavy atom. The zero-order valence-corrected chi connectivity index (χ0v) is 12.3. The van der Waals surface area contributed by atoms with Gasteiger partial charge in [-0.2, -0.15) is 16.9 Å². The van der Waals surface area contributed by atoms with Gasteiger partial charge in [-0.05, 0) is 38.5 Å². The van der Waals surface area contributed by atoms with Gasteiger partial charge in [0.1, 0.15) is 0 Å². The highest BCUT2D eigenvalue weighted by atomic mass is 32.2. The number of rotatable bonds is 3. The van der Waals surface area contributed by atoms with Gasteiger partial charge in [-0.25, -0.2) is 9.67 Å². The van der Waals surface area contributed by atoms with E-state index in [4.69, 9.17) is 0 Å². The Hall–Kier alpha value is -1.23. The number of thioether (sulfide) groups is 1. The molecule has 5 heteroatoms. The number of fused-ring (bicyclic) bond motifs is 1. The summed E-state index contributed by atoms with van der Waals surface area (Å²) in [5, 5.41) is 9.11. The third-order valence-corrected chi connectivity index (χ3v) is 4.67. The van der Waals surface area contributed by atoms with E-state index in [9.17, 15) is 0 Å². The molecule has 1 fully saturated rings. The van der Waals surface area contributed by atoms with Crippen molar-refractivity contribution in [1.29, 1.82) is 0 Å². The van der Waals surface area contributed by atoms with E-state index in [0.717, 1.165) is 16.7 Å². The molecule has 1 aliphatic rings. The Kier molecular flexibility index (Phi) is 3.64. The zero-order chi connectivity index (χ0) is 13.2. The van der Waals surface area contributed by atoms with Gasteiger partial charge in [-0.15, -0.1) is 0 Å². The first-order valence-corrected chi connectivity index (χ1v) is 8.07. The normalized spacial score (nSPS) is 20.1. The molecule has 1 N–H and O–H groups in total. The van der Waals surface area contributed by atoms with Crippen molar-refractivity contribution in [2.45, 2.75) is 38.8 Å². The van der Waals surface area contributed by atoms with Gasteiger partial charge in [-0.3, -0.25) is 0 Å². The summed E-state index contributed by atoms with van der Waals surface area (Å²) < 4.78 is 1.97. The van der Waals surface area contributed by atoms with Crippen LogP contribution in [0, 0.1) is 0 Å². The minimum Gasteiger partial charge on any atom is -0.380 e. The second-order valence-electron chi connectivity index (χ2n) is 5.38. The lowest BCUT2D eigenvalue weighted by Crippen LogP contribution is -2.25. The molecule has 0 amide bonds. The Morgan fingerprint density at radius 3 is 3.05 bits per heavy atom. The lowest BCUT2D eigenvalue weighted by atomic mass is 10.2. The standard InChI is InChI=1S/C14H20N4S/c1-10(2)18-14-11(7-16-18)6-13(8-15-14)17-12-4-3-5-19-9-12/h6-8,10,12,17H,3-5,9H2,1-2H3. The molecule has 2 aromatic heterocycles. The SMILES string of the molecule is CC(C)n1ncc2cc(NC3CCCSC3)cnc21. The summed E-state index contributed by atoms with van der Waals surface area (Å²) in [6.07, 6.45) is 6.41. The van der Waals surface area contributed by atoms with Gasteiger partial charge in [0.15, 0.2) is 5.65 Å². The lowest BCUT2D eigenvalue weighted by Gasteiger charge is -2.23. The molecule has 19 heavy (non-hydrogen) atoms. The molecular weight excluding hydrogens is 256 g/mol. The molecule has 0 saturated carbocycles. The van der Waals surface area contributed by atoms with Crippen molar-refractivity contribution in [1.82, 2.24) is 14.8 Å². The van der Waals surface area contributed by atoms with Crippen LogP contribution in [0.4, 0.5) is 5.69 Å². The molecule has 1 atom stereocenters. The van der Waals surface area contributed by atoms with Crippen molar-refractivity contribution in [2.24, 2.45) is 0 Å². The monoisotopic (exact) mass is 276 g/mol. The molecule has 0 bridgehead atoms. The number of nitrogens with zero attached hydrogens (tertiary/aromatic N) is 3. The number of hydrogen-bond acceptors (Lipinski definition) is 4. The summed E-state index contributed by atoms with van der Waals surface area (Å²) in [7, 11) is 0. The van der Waals surface area contributed by atoms with Gasteiger partial charge in [-0.1, -0.05) is 0 Å². The van der Waals surface area contributed by atoms with Crippen LogP contribution in [0.1, 0.15) is 32.7 Å². The number of aromatic nitrogens is 3. The summed E-state index contributed by atoms with van der Waals surface area (Å²) in [4.78, 5) is 4.56. The summed E-state index contributed by atoms with van der Waals surface area (Å²) in [5.41, 5.74) is 2.09. The maximum atomic E-state index is 4.56. The third-order valence-electron chi connectivity index (χ3n) is 3.45. The summed E-state index contributed by atoms with van der Waals surface area (Å²) in [6.45, 7) is 4.25. The van der Waals surface area contributed by atoms with Crippen LogP contribution in [0.25, 0.3) is 11.0 Å². The Labute approximate surface area is 118 Å². The van der Waals surface area contributed by atoms with Crippen LogP contribution >= 0.6 is 11.8 Å². The van der Waals surface area contributed by atoms with Gasteiger partial charge in [0.05, 0.1) is 18.1 Å². The average Bonchev–Trinajstić information content (AvgIpc) is 2.83. The lowest BCUT2D eigenvalue weighted by molar-refractivity contribution is 0.546. The van der Waals surface area contributed by atoms with Gasteiger partial charge in [0.25, 0.3) is 0 Å². The summed E-state index contributed by atoms with van der Waals surface area (Å²) >= 11 is 2.03. The van der Waals surface area contributed by atoms with Gasteiger partial charge in [0.2, 0.25) is 0 Å². The number of pyridine rings is 1. The molecule has 0 radical (unpaired) electrons. The third kappa shape index (κ3) is 2.71. The molecule has 1 unspecified atom stereocenters. The molecule has 0 aromatic carbocycles. The number of nitrogens with one attached hydrogen (secondary N) is 1. The maximum Gasteiger partial charge on any atom is 0.158 e. The van der Waals surface area contributed by atoms with Crippen LogP contribution in [0.15, 0.2) is 18.5 Å². The van der Waals surface area contributed by atoms with Crippen molar-refractivity contribution >= 4 is 28.5 Å². The van der Waals surface area contributed by atoms with E-state index in [-0.39, 0.29) is 0 Å². The molecule has 3 heterocycles. The molecule has 1 aliphatic heterocycles. The van der Waals surface area contributed by atoms with Crippen molar-refractivity contribution in [3.8, 4) is 0 Å². The molecule has 3 rings (SSSR count). The van der Waals surface area contributed by atoms with Crippen LogP contribution < -0.4 is 5.32 Å². The van der Waals surface area contributed by atoms with Crippen LogP contribution in [0.5, 0.6) is 0 Å². The second kappa shape index (κ2) is 5.41. The van der Waals surface area contributed by atoms with E-state index >= 15 is 0 Å². The fraction of sp³-hybridized carbons (Fsp3) is 0.571. The van der Waals surface area contributed by atoms with Crippen molar-refractivity contribution in [3.63, 3.8) is 0 Å². The maximum absolute atomic E-state index is 4.56. The second-order valence-corrected chi connectivity index (χ2v) is 6.53. The van der Waals surface area contributed by atoms with Gasteiger partial charge >= 0.3 is 0 Å². The number of hydrogen-bond donors (Lipinski definition) is 1. The van der Waals surface area contributed by atoms with Crippen molar-refractivity contribution in [2.75, 3.05) is 16.8 Å². The smallest absolute Gasteiger partial charge is 0.158 e. The van der Waals surface area contributed by atoms with Gasteiger partial charge < -0.3 is 5.32 Å². The molecule has 102 valence electrons. The minimum atomic E-state index is 0.346. The minimum absolute atomic E-state index is 0.346. The van der Waals surface area contributed by atoms with E-state index < -0.39 is 0 Å². The molecule has 1 saturated heterocycles. The highest BCUT2D eigenvalue weighted by Gasteiger charge is 2.14. The highest BCUT2D eigenvalue weighted by molar-refractivity contribution is 7.99. The van der Waals surface area contributed by atoms with Crippen LogP contribution in [0.2, 0.25) is 0 Å². The quantitative estimate of drug-likeness (QED) is 0.934. The molecule has 0 spiro atoms. The Morgan fingerprint density at radius 2 is 2.32 bits per heavy atom. The van der Waals surface area contributed by atoms with E-state index in [1.165, 1.54) is 24.3 Å². The Balaban J connectivity index is 1.81. The van der Waals surface area contributed by atoms with E-state index in [1.54, 1.807) is 0 Å². The molecule has 2 aromatic rings. The summed E-state index contributed by atoms with van der Waals surface area (Å²) in [6, 6.07) is 3.09. The molecule has 4 nitrogen and oxygen atoms in total. The van der Waals surface area contributed by atoms with Crippen molar-refractivity contribution < 1.29 is 0 Å². The summed E-state index contributed by atoms with van der Waals surface area (Å²) in [5.74, 6) is 2.50. The zero-order valence-electron chi connectivity index (χ0n) is 11.5. The molecule has 0 aliphatic carbocycles. The van der Waals surface area contributed by atoms with Crippen LogP contribution in [0.3, 0.4) is 0 Å². The van der Waals surface area contributed by atoms with E-state index in [1.807, 2.05) is 28.8 Å². The first-order valence-electron chi connectivity index (χ1n) is 6.91. The molecular formula is C14H20N4S. The highest BCUT2D eigenvalue weighted by Crippen LogP contribution is 2.23. The predicted molar refractivity (Wildman–Crippen MR) is 81.9 cm³/mol. The fourth-order valence-electron chi connectivity index (χ4n) is 2.49. The van der Waals surface area contributed by atoms with Crippen molar-refractivity contribution in [3.05, 3.63) is 18.5 Å². The van der Waals surface area contributed by atoms with Crippen LogP contribution in [-0.2, 0) is 0 Å². The number of anilines is 1. The average molecular weight is 276 g/mol. The Bertz CT molecular complexity index is 558. The van der Waals surface area contributed by atoms with E-state index in [0.29, 0.717) is 12.1 Å².